The third-order valence-corrected chi connectivity index (χ3v) is 4.61. The maximum absolute atomic E-state index is 12.7. The van der Waals surface area contributed by atoms with Crippen LogP contribution in [0.2, 0.25) is 0 Å². The molecule has 0 bridgehead atoms. The molecule has 0 radical (unpaired) electrons. The van der Waals surface area contributed by atoms with Gasteiger partial charge in [-0.2, -0.15) is 0 Å². The molecule has 0 aromatic heterocycles. The Hall–Kier alpha value is -1.39. The molecule has 3 atom stereocenters. The number of carbonyl (C=O) groups excluding carboxylic acids is 1. The van der Waals surface area contributed by atoms with Crippen LogP contribution in [0.25, 0.3) is 0 Å². The Labute approximate surface area is 119 Å². The van der Waals surface area contributed by atoms with Gasteiger partial charge in [0.1, 0.15) is 0 Å². The van der Waals surface area contributed by atoms with Crippen molar-refractivity contribution in [2.75, 3.05) is 19.6 Å². The summed E-state index contributed by atoms with van der Waals surface area (Å²) in [5, 5.41) is 13.0. The minimum Gasteiger partial charge on any atom is -0.393 e. The number of likely N-dealkylation sites (tertiary alicyclic amines) is 1. The van der Waals surface area contributed by atoms with Gasteiger partial charge in [0.05, 0.1) is 12.0 Å². The molecule has 2 heterocycles. The largest absolute Gasteiger partial charge is 0.393 e. The van der Waals surface area contributed by atoms with Crippen LogP contribution in [-0.4, -0.2) is 41.7 Å². The molecule has 1 aromatic rings. The Morgan fingerprint density at radius 2 is 2.25 bits per heavy atom. The zero-order valence-electron chi connectivity index (χ0n) is 11.9. The van der Waals surface area contributed by atoms with Gasteiger partial charge in [-0.15, -0.1) is 0 Å². The maximum atomic E-state index is 12.7. The number of amides is 1. The van der Waals surface area contributed by atoms with Crippen molar-refractivity contribution in [2.24, 2.45) is 5.92 Å². The van der Waals surface area contributed by atoms with Crippen molar-refractivity contribution >= 4 is 5.91 Å². The smallest absolute Gasteiger partial charge is 0.231 e. The molecule has 0 saturated carbocycles. The number of rotatable bonds is 2. The first-order valence-corrected chi connectivity index (χ1v) is 7.42. The van der Waals surface area contributed by atoms with E-state index >= 15 is 0 Å². The lowest BCUT2D eigenvalue weighted by Gasteiger charge is -2.29. The first-order valence-electron chi connectivity index (χ1n) is 7.42. The molecule has 4 nitrogen and oxygen atoms in total. The number of nitrogens with zero attached hydrogens (tertiary/aromatic N) is 1. The van der Waals surface area contributed by atoms with E-state index in [4.69, 9.17) is 0 Å². The van der Waals surface area contributed by atoms with E-state index in [-0.39, 0.29) is 23.8 Å². The highest BCUT2D eigenvalue weighted by molar-refractivity contribution is 5.85. The van der Waals surface area contributed by atoms with Crippen LogP contribution in [0.3, 0.4) is 0 Å². The summed E-state index contributed by atoms with van der Waals surface area (Å²) in [6.07, 6.45) is 0.579. The van der Waals surface area contributed by atoms with Crippen LogP contribution >= 0.6 is 0 Å². The number of benzene rings is 1. The van der Waals surface area contributed by atoms with E-state index in [1.807, 2.05) is 24.0 Å². The van der Waals surface area contributed by atoms with Gasteiger partial charge >= 0.3 is 0 Å². The summed E-state index contributed by atoms with van der Waals surface area (Å²) < 4.78 is 0. The fraction of sp³-hybridized carbons (Fsp3) is 0.562. The van der Waals surface area contributed by atoms with Crippen LogP contribution in [0.4, 0.5) is 0 Å². The van der Waals surface area contributed by atoms with Crippen LogP contribution < -0.4 is 5.32 Å². The zero-order valence-corrected chi connectivity index (χ0v) is 11.9. The second-order valence-corrected chi connectivity index (χ2v) is 5.96. The fourth-order valence-corrected chi connectivity index (χ4v) is 3.32. The lowest BCUT2D eigenvalue weighted by atomic mass is 9.90. The highest BCUT2D eigenvalue weighted by atomic mass is 16.3. The monoisotopic (exact) mass is 274 g/mol. The molecule has 0 aliphatic carbocycles. The van der Waals surface area contributed by atoms with Gasteiger partial charge in [-0.05, 0) is 24.5 Å². The summed E-state index contributed by atoms with van der Waals surface area (Å²) in [7, 11) is 0. The topological polar surface area (TPSA) is 52.6 Å². The number of hydrogen-bond acceptors (Lipinski definition) is 3. The minimum atomic E-state index is -0.329. The number of aliphatic hydroxyl groups excluding tert-OH is 1. The predicted molar refractivity (Wildman–Crippen MR) is 77.3 cm³/mol. The number of fused-ring (bicyclic) bond motifs is 1. The van der Waals surface area contributed by atoms with E-state index in [0.29, 0.717) is 13.1 Å². The quantitative estimate of drug-likeness (QED) is 0.849. The Balaban J connectivity index is 1.76. The van der Waals surface area contributed by atoms with E-state index in [1.165, 1.54) is 5.56 Å². The summed E-state index contributed by atoms with van der Waals surface area (Å²) >= 11 is 0. The van der Waals surface area contributed by atoms with Gasteiger partial charge in [-0.1, -0.05) is 24.3 Å². The molecule has 2 aliphatic rings. The molecule has 1 fully saturated rings. The van der Waals surface area contributed by atoms with Crippen LogP contribution in [0, 0.1) is 5.92 Å². The Morgan fingerprint density at radius 1 is 1.45 bits per heavy atom. The lowest BCUT2D eigenvalue weighted by molar-refractivity contribution is -0.132. The van der Waals surface area contributed by atoms with Gasteiger partial charge in [-0.3, -0.25) is 4.79 Å². The number of nitrogens with one attached hydrogen (secondary N) is 1. The van der Waals surface area contributed by atoms with Gasteiger partial charge in [-0.25, -0.2) is 0 Å². The van der Waals surface area contributed by atoms with Crippen molar-refractivity contribution in [1.29, 1.82) is 0 Å². The van der Waals surface area contributed by atoms with Crippen LogP contribution in [0.1, 0.15) is 30.4 Å². The highest BCUT2D eigenvalue weighted by Gasteiger charge is 2.34. The highest BCUT2D eigenvalue weighted by Crippen LogP contribution is 2.28. The van der Waals surface area contributed by atoms with Crippen molar-refractivity contribution in [3.63, 3.8) is 0 Å². The second kappa shape index (κ2) is 5.54. The third-order valence-electron chi connectivity index (χ3n) is 4.61. The molecule has 3 unspecified atom stereocenters. The third kappa shape index (κ3) is 2.45. The van der Waals surface area contributed by atoms with E-state index in [9.17, 15) is 9.90 Å². The molecule has 2 N–H and O–H groups in total. The molecule has 0 spiro atoms. The molecule has 1 aromatic carbocycles. The summed E-state index contributed by atoms with van der Waals surface area (Å²) in [6.45, 7) is 4.83. The standard InChI is InChI=1S/C16H22N2O2/c1-11(19)13-6-7-18(10-13)16(20)15-9-17-8-12-4-2-3-5-14(12)15/h2-5,11,13,15,17,19H,6-10H2,1H3. The second-order valence-electron chi connectivity index (χ2n) is 5.96. The molecule has 108 valence electrons. The van der Waals surface area contributed by atoms with Gasteiger partial charge in [0.15, 0.2) is 0 Å². The van der Waals surface area contributed by atoms with Crippen molar-refractivity contribution in [3.05, 3.63) is 35.4 Å². The normalized spacial score (nSPS) is 27.2. The SMILES string of the molecule is CC(O)C1CCN(C(=O)C2CNCc3ccccc32)C1. The molecular weight excluding hydrogens is 252 g/mol. The molecule has 2 aliphatic heterocycles. The predicted octanol–water partition coefficient (Wildman–Crippen LogP) is 1.10. The first-order chi connectivity index (χ1) is 9.66. The zero-order chi connectivity index (χ0) is 14.1. The maximum Gasteiger partial charge on any atom is 0.231 e. The molecule has 1 saturated heterocycles. The van der Waals surface area contributed by atoms with Gasteiger partial charge < -0.3 is 15.3 Å². The van der Waals surface area contributed by atoms with E-state index in [2.05, 4.69) is 17.4 Å². The van der Waals surface area contributed by atoms with E-state index in [0.717, 1.165) is 25.1 Å². The van der Waals surface area contributed by atoms with Crippen LogP contribution in [-0.2, 0) is 11.3 Å². The van der Waals surface area contributed by atoms with Crippen molar-refractivity contribution in [1.82, 2.24) is 10.2 Å². The van der Waals surface area contributed by atoms with Gasteiger partial charge in [0.25, 0.3) is 0 Å². The molecule has 20 heavy (non-hydrogen) atoms. The molecule has 3 rings (SSSR count). The average Bonchev–Trinajstić information content (AvgIpc) is 2.96. The summed E-state index contributed by atoms with van der Waals surface area (Å²) in [6, 6.07) is 8.19. The van der Waals surface area contributed by atoms with Crippen LogP contribution in [0.5, 0.6) is 0 Å². The number of carbonyl (C=O) groups is 1. The van der Waals surface area contributed by atoms with Crippen molar-refractivity contribution < 1.29 is 9.90 Å². The average molecular weight is 274 g/mol. The van der Waals surface area contributed by atoms with Crippen molar-refractivity contribution in [2.45, 2.75) is 31.9 Å². The molecule has 1 amide bonds. The first kappa shape index (κ1) is 13.6. The van der Waals surface area contributed by atoms with Gasteiger partial charge in [0.2, 0.25) is 5.91 Å². The van der Waals surface area contributed by atoms with Crippen LogP contribution in [0.15, 0.2) is 24.3 Å². The number of aliphatic hydroxyl groups is 1. The number of hydrogen-bond donors (Lipinski definition) is 2. The molecule has 4 heteroatoms. The van der Waals surface area contributed by atoms with E-state index < -0.39 is 0 Å². The Morgan fingerprint density at radius 3 is 3.00 bits per heavy atom. The summed E-state index contributed by atoms with van der Waals surface area (Å²) in [4.78, 5) is 14.7. The Bertz CT molecular complexity index is 501. The lowest BCUT2D eigenvalue weighted by Crippen LogP contribution is -2.41. The Kier molecular flexibility index (Phi) is 3.76. The molecular formula is C16H22N2O2. The minimum absolute atomic E-state index is 0.0762. The summed E-state index contributed by atoms with van der Waals surface area (Å²) in [5.41, 5.74) is 2.39. The van der Waals surface area contributed by atoms with Gasteiger partial charge in [0, 0.05) is 32.1 Å². The van der Waals surface area contributed by atoms with E-state index in [1.54, 1.807) is 0 Å². The van der Waals surface area contributed by atoms with Crippen molar-refractivity contribution in [3.8, 4) is 0 Å². The summed E-state index contributed by atoms with van der Waals surface area (Å²) in [5.74, 6) is 0.353. The fourth-order valence-electron chi connectivity index (χ4n) is 3.32.